The van der Waals surface area contributed by atoms with Crippen LogP contribution in [0.15, 0.2) is 24.3 Å². The molecular formula is C14H19N3O2. The second kappa shape index (κ2) is 6.33. The van der Waals surface area contributed by atoms with Gasteiger partial charge in [-0.1, -0.05) is 18.2 Å². The van der Waals surface area contributed by atoms with Gasteiger partial charge in [0.1, 0.15) is 0 Å². The molecule has 5 heteroatoms. The molecule has 19 heavy (non-hydrogen) atoms. The van der Waals surface area contributed by atoms with E-state index in [0.717, 1.165) is 11.3 Å². The van der Waals surface area contributed by atoms with E-state index >= 15 is 0 Å². The lowest BCUT2D eigenvalue weighted by atomic mass is 9.98. The molecule has 0 bridgehead atoms. The summed E-state index contributed by atoms with van der Waals surface area (Å²) in [5.41, 5.74) is 1.89. The first-order valence-corrected chi connectivity index (χ1v) is 6.50. The second-order valence-corrected chi connectivity index (χ2v) is 4.72. The zero-order valence-electron chi connectivity index (χ0n) is 11.0. The summed E-state index contributed by atoms with van der Waals surface area (Å²) in [5, 5.41) is 8.75. The van der Waals surface area contributed by atoms with E-state index in [9.17, 15) is 9.59 Å². The molecule has 1 fully saturated rings. The Kier molecular flexibility index (Phi) is 4.52. The summed E-state index contributed by atoms with van der Waals surface area (Å²) in [6.45, 7) is 1.14. The zero-order chi connectivity index (χ0) is 13.7. The third kappa shape index (κ3) is 3.54. The Hall–Kier alpha value is -1.88. The van der Waals surface area contributed by atoms with Crippen molar-refractivity contribution in [2.75, 3.05) is 18.9 Å². The molecule has 0 saturated carbocycles. The summed E-state index contributed by atoms with van der Waals surface area (Å²) >= 11 is 0. The van der Waals surface area contributed by atoms with Crippen molar-refractivity contribution in [1.82, 2.24) is 10.6 Å². The lowest BCUT2D eigenvalue weighted by Crippen LogP contribution is -2.40. The van der Waals surface area contributed by atoms with Crippen LogP contribution in [0.3, 0.4) is 0 Å². The first-order chi connectivity index (χ1) is 9.20. The molecule has 2 rings (SSSR count). The van der Waals surface area contributed by atoms with E-state index in [0.29, 0.717) is 25.9 Å². The molecule has 102 valence electrons. The van der Waals surface area contributed by atoms with E-state index in [1.54, 1.807) is 0 Å². The Balaban J connectivity index is 2.00. The number of piperidine rings is 1. The van der Waals surface area contributed by atoms with Gasteiger partial charge < -0.3 is 16.0 Å². The minimum Gasteiger partial charge on any atom is -0.355 e. The van der Waals surface area contributed by atoms with Crippen molar-refractivity contribution in [2.45, 2.75) is 19.4 Å². The molecule has 1 aliphatic heterocycles. The summed E-state index contributed by atoms with van der Waals surface area (Å²) in [6.07, 6.45) is 1.04. The summed E-state index contributed by atoms with van der Waals surface area (Å²) in [4.78, 5) is 23.2. The van der Waals surface area contributed by atoms with E-state index in [4.69, 9.17) is 0 Å². The van der Waals surface area contributed by atoms with Gasteiger partial charge in [-0.3, -0.25) is 9.59 Å². The topological polar surface area (TPSA) is 70.2 Å². The number of carbonyl (C=O) groups excluding carboxylic acids is 2. The van der Waals surface area contributed by atoms with E-state index in [2.05, 4.69) is 16.0 Å². The molecule has 1 aromatic carbocycles. The first-order valence-electron chi connectivity index (χ1n) is 6.50. The highest BCUT2D eigenvalue weighted by atomic mass is 16.2. The average Bonchev–Trinajstić information content (AvgIpc) is 2.42. The maximum atomic E-state index is 12.1. The molecule has 2 amide bonds. The smallest absolute Gasteiger partial charge is 0.229 e. The molecule has 0 aromatic heterocycles. The number of hydrogen-bond donors (Lipinski definition) is 3. The summed E-state index contributed by atoms with van der Waals surface area (Å²) in [6, 6.07) is 7.72. The first kappa shape index (κ1) is 13.5. The fourth-order valence-corrected chi connectivity index (χ4v) is 2.18. The fraction of sp³-hybridized carbons (Fsp3) is 0.429. The number of benzene rings is 1. The fourth-order valence-electron chi connectivity index (χ4n) is 2.18. The largest absolute Gasteiger partial charge is 0.355 e. The van der Waals surface area contributed by atoms with Crippen molar-refractivity contribution >= 4 is 17.5 Å². The predicted molar refractivity (Wildman–Crippen MR) is 73.6 cm³/mol. The molecule has 0 aliphatic carbocycles. The highest BCUT2D eigenvalue weighted by Crippen LogP contribution is 2.18. The minimum absolute atomic E-state index is 0.0245. The van der Waals surface area contributed by atoms with E-state index < -0.39 is 0 Å². The Morgan fingerprint density at radius 1 is 1.42 bits per heavy atom. The van der Waals surface area contributed by atoms with Gasteiger partial charge in [-0.15, -0.1) is 0 Å². The predicted octanol–water partition coefficient (Wildman–Crippen LogP) is 0.871. The Bertz CT molecular complexity index is 464. The van der Waals surface area contributed by atoms with Crippen LogP contribution in [-0.2, 0) is 16.1 Å². The third-order valence-electron chi connectivity index (χ3n) is 3.28. The monoisotopic (exact) mass is 261 g/mol. The average molecular weight is 261 g/mol. The molecular weight excluding hydrogens is 242 g/mol. The zero-order valence-corrected chi connectivity index (χ0v) is 11.0. The van der Waals surface area contributed by atoms with Crippen molar-refractivity contribution in [3.8, 4) is 0 Å². The van der Waals surface area contributed by atoms with Gasteiger partial charge in [0.15, 0.2) is 0 Å². The van der Waals surface area contributed by atoms with Gasteiger partial charge in [0.05, 0.1) is 5.92 Å². The second-order valence-electron chi connectivity index (χ2n) is 4.72. The van der Waals surface area contributed by atoms with Gasteiger partial charge in [-0.05, 0) is 25.1 Å². The summed E-state index contributed by atoms with van der Waals surface area (Å²) in [7, 11) is 1.87. The lowest BCUT2D eigenvalue weighted by Gasteiger charge is -2.22. The molecule has 1 aliphatic rings. The molecule has 5 nitrogen and oxygen atoms in total. The number of carbonyl (C=O) groups is 2. The van der Waals surface area contributed by atoms with Crippen LogP contribution in [-0.4, -0.2) is 25.4 Å². The van der Waals surface area contributed by atoms with Gasteiger partial charge in [-0.2, -0.15) is 0 Å². The molecule has 1 heterocycles. The van der Waals surface area contributed by atoms with Gasteiger partial charge in [0.25, 0.3) is 0 Å². The van der Waals surface area contributed by atoms with Gasteiger partial charge in [0, 0.05) is 25.2 Å². The minimum atomic E-state index is -0.139. The molecule has 1 aromatic rings. The van der Waals surface area contributed by atoms with Crippen LogP contribution in [0.1, 0.15) is 18.4 Å². The van der Waals surface area contributed by atoms with Crippen LogP contribution in [0, 0.1) is 5.92 Å². The molecule has 1 unspecified atom stereocenters. The van der Waals surface area contributed by atoms with E-state index in [1.807, 2.05) is 31.3 Å². The molecule has 1 saturated heterocycles. The van der Waals surface area contributed by atoms with Crippen LogP contribution in [0.5, 0.6) is 0 Å². The van der Waals surface area contributed by atoms with Crippen molar-refractivity contribution in [3.05, 3.63) is 29.8 Å². The van der Waals surface area contributed by atoms with E-state index in [-0.39, 0.29) is 17.7 Å². The number of nitrogens with one attached hydrogen (secondary N) is 3. The maximum Gasteiger partial charge on any atom is 0.229 e. The number of rotatable bonds is 4. The number of amides is 2. The number of anilines is 1. The quantitative estimate of drug-likeness (QED) is 0.753. The third-order valence-corrected chi connectivity index (χ3v) is 3.28. The van der Waals surface area contributed by atoms with Crippen molar-refractivity contribution < 1.29 is 9.59 Å². The van der Waals surface area contributed by atoms with Gasteiger partial charge >= 0.3 is 0 Å². The molecule has 0 radical (unpaired) electrons. The van der Waals surface area contributed by atoms with Crippen LogP contribution < -0.4 is 16.0 Å². The summed E-state index contributed by atoms with van der Waals surface area (Å²) < 4.78 is 0. The maximum absolute atomic E-state index is 12.1. The van der Waals surface area contributed by atoms with Crippen molar-refractivity contribution in [1.29, 1.82) is 0 Å². The standard InChI is InChI=1S/C14H19N3O2/c1-15-8-10-4-2-3-5-12(10)17-14(19)11-6-7-13(18)16-9-11/h2-5,11,15H,6-9H2,1H3,(H,16,18)(H,17,19). The van der Waals surface area contributed by atoms with Crippen LogP contribution in [0.25, 0.3) is 0 Å². The lowest BCUT2D eigenvalue weighted by molar-refractivity contribution is -0.126. The van der Waals surface area contributed by atoms with Crippen LogP contribution in [0.4, 0.5) is 5.69 Å². The Morgan fingerprint density at radius 2 is 2.21 bits per heavy atom. The van der Waals surface area contributed by atoms with Gasteiger partial charge in [-0.25, -0.2) is 0 Å². The van der Waals surface area contributed by atoms with Crippen LogP contribution >= 0.6 is 0 Å². The summed E-state index contributed by atoms with van der Waals surface area (Å²) in [5.74, 6) is -0.136. The SMILES string of the molecule is CNCc1ccccc1NC(=O)C1CCC(=O)NC1. The highest BCUT2D eigenvalue weighted by molar-refractivity contribution is 5.94. The normalized spacial score (nSPS) is 18.8. The Morgan fingerprint density at radius 3 is 2.89 bits per heavy atom. The van der Waals surface area contributed by atoms with Crippen molar-refractivity contribution in [2.24, 2.45) is 5.92 Å². The highest BCUT2D eigenvalue weighted by Gasteiger charge is 2.24. The number of hydrogen-bond acceptors (Lipinski definition) is 3. The molecule has 3 N–H and O–H groups in total. The van der Waals surface area contributed by atoms with E-state index in [1.165, 1.54) is 0 Å². The molecule has 0 spiro atoms. The Labute approximate surface area is 112 Å². The van der Waals surface area contributed by atoms with Gasteiger partial charge in [0.2, 0.25) is 11.8 Å². The molecule has 1 atom stereocenters. The van der Waals surface area contributed by atoms with Crippen LogP contribution in [0.2, 0.25) is 0 Å². The van der Waals surface area contributed by atoms with Crippen molar-refractivity contribution in [3.63, 3.8) is 0 Å². The number of para-hydroxylation sites is 1.